The molecule has 0 unspecified atom stereocenters. The molecule has 1 saturated heterocycles. The molecular weight excluding hydrogens is 376 g/mol. The molecule has 1 aromatic rings. The van der Waals surface area contributed by atoms with E-state index in [0.29, 0.717) is 24.0 Å². The Bertz CT molecular complexity index is 716. The maximum atomic E-state index is 12.7. The highest BCUT2D eigenvalue weighted by molar-refractivity contribution is 9.09. The molecule has 3 aliphatic rings. The molecule has 2 heterocycles. The molecule has 0 saturated carbocycles. The molecule has 24 heavy (non-hydrogen) atoms. The lowest BCUT2D eigenvalue weighted by atomic mass is 9.61. The second kappa shape index (κ2) is 5.36. The molecular formula is C18H23BrO5. The van der Waals surface area contributed by atoms with Gasteiger partial charge < -0.3 is 20.1 Å². The van der Waals surface area contributed by atoms with Crippen molar-refractivity contribution in [2.75, 3.05) is 0 Å². The Balaban J connectivity index is 2.32. The first-order chi connectivity index (χ1) is 11.0. The first-order valence-corrected chi connectivity index (χ1v) is 9.10. The lowest BCUT2D eigenvalue weighted by Gasteiger charge is -2.53. The predicted octanol–water partition coefficient (Wildman–Crippen LogP) is 3.10. The van der Waals surface area contributed by atoms with Crippen molar-refractivity contribution in [3.05, 3.63) is 22.8 Å². The summed E-state index contributed by atoms with van der Waals surface area (Å²) in [4.78, 5) is 12.1. The second-order valence-electron chi connectivity index (χ2n) is 7.60. The predicted molar refractivity (Wildman–Crippen MR) is 92.0 cm³/mol. The fourth-order valence-electron chi connectivity index (χ4n) is 4.40. The highest BCUT2D eigenvalue weighted by atomic mass is 79.9. The number of fused-ring (bicyclic) bond motifs is 3. The molecule has 6 heteroatoms. The van der Waals surface area contributed by atoms with Crippen molar-refractivity contribution >= 4 is 21.9 Å². The van der Waals surface area contributed by atoms with Gasteiger partial charge in [0.2, 0.25) is 0 Å². The van der Waals surface area contributed by atoms with Gasteiger partial charge >= 0.3 is 5.97 Å². The molecule has 3 N–H and O–H groups in total. The first kappa shape index (κ1) is 17.5. The smallest absolute Gasteiger partial charge is 0.314 e. The van der Waals surface area contributed by atoms with Crippen LogP contribution in [0.4, 0.5) is 0 Å². The van der Waals surface area contributed by atoms with E-state index in [4.69, 9.17) is 4.74 Å². The number of carbonyl (C=O) groups excluding carboxylic acids is 1. The Morgan fingerprint density at radius 3 is 2.54 bits per heavy atom. The van der Waals surface area contributed by atoms with Gasteiger partial charge in [0.25, 0.3) is 5.79 Å². The zero-order chi connectivity index (χ0) is 18.0. The Labute approximate surface area is 149 Å². The van der Waals surface area contributed by atoms with E-state index in [0.717, 1.165) is 0 Å². The van der Waals surface area contributed by atoms with Gasteiger partial charge in [-0.1, -0.05) is 35.8 Å². The van der Waals surface area contributed by atoms with Crippen LogP contribution in [0.15, 0.2) is 6.07 Å². The average Bonchev–Trinajstić information content (AvgIpc) is 2.47. The van der Waals surface area contributed by atoms with E-state index < -0.39 is 27.7 Å². The quantitative estimate of drug-likeness (QED) is 0.384. The number of alkyl halides is 1. The highest BCUT2D eigenvalue weighted by Gasteiger charge is 2.63. The van der Waals surface area contributed by atoms with E-state index in [1.165, 1.54) is 0 Å². The molecule has 4 atom stereocenters. The van der Waals surface area contributed by atoms with E-state index in [1.807, 2.05) is 20.8 Å². The van der Waals surface area contributed by atoms with Crippen LogP contribution in [0.25, 0.3) is 0 Å². The SMILES string of the molecule is Cc1cc2c(c(O)c1O)[C@@]1(O)OC(=O)[C@@](C)(CC2)[C@@H](C(C)C)[C@H]1Br. The average molecular weight is 399 g/mol. The summed E-state index contributed by atoms with van der Waals surface area (Å²) in [7, 11) is 0. The molecule has 1 fully saturated rings. The number of ether oxygens (including phenoxy) is 1. The van der Waals surface area contributed by atoms with Gasteiger partial charge in [-0.2, -0.15) is 0 Å². The number of hydrogen-bond donors (Lipinski definition) is 3. The summed E-state index contributed by atoms with van der Waals surface area (Å²) in [5, 5.41) is 31.9. The van der Waals surface area contributed by atoms with Crippen LogP contribution in [-0.2, 0) is 21.7 Å². The number of esters is 1. The van der Waals surface area contributed by atoms with Gasteiger partial charge in [-0.05, 0) is 49.7 Å². The van der Waals surface area contributed by atoms with Crippen LogP contribution in [0.3, 0.4) is 0 Å². The molecule has 132 valence electrons. The van der Waals surface area contributed by atoms with Crippen LogP contribution in [-0.4, -0.2) is 26.1 Å². The highest BCUT2D eigenvalue weighted by Crippen LogP contribution is 2.58. The van der Waals surface area contributed by atoms with Crippen LogP contribution in [0.2, 0.25) is 0 Å². The van der Waals surface area contributed by atoms with Gasteiger partial charge in [0.15, 0.2) is 11.5 Å². The topological polar surface area (TPSA) is 87.0 Å². The monoisotopic (exact) mass is 398 g/mol. The Morgan fingerprint density at radius 2 is 1.96 bits per heavy atom. The summed E-state index contributed by atoms with van der Waals surface area (Å²) in [6.45, 7) is 7.58. The van der Waals surface area contributed by atoms with Gasteiger partial charge in [-0.25, -0.2) is 0 Å². The number of aromatic hydroxyl groups is 2. The van der Waals surface area contributed by atoms with Crippen molar-refractivity contribution in [2.24, 2.45) is 17.3 Å². The number of rotatable bonds is 1. The maximum Gasteiger partial charge on any atom is 0.314 e. The van der Waals surface area contributed by atoms with Crippen molar-refractivity contribution in [1.82, 2.24) is 0 Å². The third-order valence-electron chi connectivity index (χ3n) is 5.68. The number of benzene rings is 1. The van der Waals surface area contributed by atoms with Crippen LogP contribution in [0.1, 0.15) is 43.9 Å². The zero-order valence-corrected chi connectivity index (χ0v) is 15.8. The van der Waals surface area contributed by atoms with Gasteiger partial charge in [-0.15, -0.1) is 0 Å². The summed E-state index contributed by atoms with van der Waals surface area (Å²) >= 11 is 3.54. The summed E-state index contributed by atoms with van der Waals surface area (Å²) < 4.78 is 5.47. The van der Waals surface area contributed by atoms with E-state index in [-0.39, 0.29) is 23.1 Å². The molecule has 0 aromatic heterocycles. The van der Waals surface area contributed by atoms with Gasteiger partial charge in [0, 0.05) is 0 Å². The Hall–Kier alpha value is -1.27. The first-order valence-electron chi connectivity index (χ1n) is 8.18. The summed E-state index contributed by atoms with van der Waals surface area (Å²) in [5.74, 6) is -3.27. The minimum atomic E-state index is -2.02. The lowest BCUT2D eigenvalue weighted by molar-refractivity contribution is -0.258. The number of phenols is 2. The lowest BCUT2D eigenvalue weighted by Crippen LogP contribution is -2.61. The molecule has 5 nitrogen and oxygen atoms in total. The Morgan fingerprint density at radius 1 is 1.33 bits per heavy atom. The van der Waals surface area contributed by atoms with Gasteiger partial charge in [-0.3, -0.25) is 4.79 Å². The maximum absolute atomic E-state index is 12.7. The van der Waals surface area contributed by atoms with E-state index in [9.17, 15) is 20.1 Å². The summed E-state index contributed by atoms with van der Waals surface area (Å²) in [5.41, 5.74) is 0.575. The number of phenolic OH excluding ortho intramolecular Hbond substituents is 2. The fourth-order valence-corrected chi connectivity index (χ4v) is 5.91. The normalized spacial score (nSPS) is 35.4. The van der Waals surface area contributed by atoms with Crippen molar-refractivity contribution in [1.29, 1.82) is 0 Å². The zero-order valence-electron chi connectivity index (χ0n) is 14.3. The second-order valence-corrected chi connectivity index (χ2v) is 8.59. The minimum absolute atomic E-state index is 0.0909. The minimum Gasteiger partial charge on any atom is -0.504 e. The molecule has 0 amide bonds. The van der Waals surface area contributed by atoms with Gasteiger partial charge in [0.1, 0.15) is 0 Å². The van der Waals surface area contributed by atoms with Crippen LogP contribution in [0, 0.1) is 24.2 Å². The van der Waals surface area contributed by atoms with Crippen LogP contribution < -0.4 is 0 Å². The molecule has 0 spiro atoms. The number of halogens is 1. The molecule has 1 aromatic carbocycles. The molecule has 0 radical (unpaired) electrons. The third-order valence-corrected chi connectivity index (χ3v) is 6.87. The van der Waals surface area contributed by atoms with Crippen LogP contribution >= 0.6 is 15.9 Å². The van der Waals surface area contributed by atoms with Crippen molar-refractivity contribution in [3.63, 3.8) is 0 Å². The van der Waals surface area contributed by atoms with Crippen molar-refractivity contribution in [3.8, 4) is 11.5 Å². The third kappa shape index (κ3) is 2.12. The van der Waals surface area contributed by atoms with Crippen LogP contribution in [0.5, 0.6) is 11.5 Å². The molecule has 4 rings (SSSR count). The summed E-state index contributed by atoms with van der Waals surface area (Å²) in [6, 6.07) is 1.74. The number of aliphatic hydroxyl groups is 1. The molecule has 1 aliphatic carbocycles. The fraction of sp³-hybridized carbons (Fsp3) is 0.611. The summed E-state index contributed by atoms with van der Waals surface area (Å²) in [6.07, 6.45) is 1.06. The number of hydrogen-bond acceptors (Lipinski definition) is 5. The van der Waals surface area contributed by atoms with Gasteiger partial charge in [0.05, 0.1) is 15.8 Å². The van der Waals surface area contributed by atoms with E-state index >= 15 is 0 Å². The van der Waals surface area contributed by atoms with E-state index in [2.05, 4.69) is 15.9 Å². The van der Waals surface area contributed by atoms with Crippen molar-refractivity contribution < 1.29 is 24.9 Å². The molecule has 2 aliphatic heterocycles. The standard InChI is InChI=1S/C18H23BrO5/c1-8(2)11-15(19)18(23)12-10(7-9(3)13(20)14(12)21)5-6-17(11,4)16(22)24-18/h7-8,11,15,20-21,23H,5-6H2,1-4H3/t11-,15+,17-,18+/m0/s1. The largest absolute Gasteiger partial charge is 0.504 e. The number of aryl methyl sites for hydroxylation is 2. The van der Waals surface area contributed by atoms with E-state index in [1.54, 1.807) is 13.0 Å². The molecule has 2 bridgehead atoms. The number of carbonyl (C=O) groups is 1. The Kier molecular flexibility index (Phi) is 3.92. The van der Waals surface area contributed by atoms with Crippen molar-refractivity contribution in [2.45, 2.75) is 51.2 Å².